The van der Waals surface area contributed by atoms with Crippen molar-refractivity contribution in [2.24, 2.45) is 0 Å². The van der Waals surface area contributed by atoms with Gasteiger partial charge in [0.15, 0.2) is 5.13 Å². The van der Waals surface area contributed by atoms with E-state index in [2.05, 4.69) is 15.1 Å². The van der Waals surface area contributed by atoms with Gasteiger partial charge in [-0.05, 0) is 37.6 Å². The number of hydrogen-bond donors (Lipinski definition) is 0. The maximum absolute atomic E-state index is 13.1. The Morgan fingerprint density at radius 1 is 1.26 bits per heavy atom. The molecule has 0 radical (unpaired) electrons. The predicted molar refractivity (Wildman–Crippen MR) is 105 cm³/mol. The van der Waals surface area contributed by atoms with Gasteiger partial charge in [-0.3, -0.25) is 14.7 Å². The first-order chi connectivity index (χ1) is 13.0. The number of carbonyl (C=O) groups excluding carboxylic acids is 1. The Morgan fingerprint density at radius 3 is 2.78 bits per heavy atom. The van der Waals surface area contributed by atoms with Gasteiger partial charge in [-0.1, -0.05) is 40.2 Å². The summed E-state index contributed by atoms with van der Waals surface area (Å²) >= 11 is 7.70. The summed E-state index contributed by atoms with van der Waals surface area (Å²) in [7, 11) is 0. The van der Waals surface area contributed by atoms with E-state index < -0.39 is 0 Å². The molecule has 0 atom stereocenters. The van der Waals surface area contributed by atoms with Gasteiger partial charge in [0.25, 0.3) is 5.91 Å². The van der Waals surface area contributed by atoms with Crippen LogP contribution in [0.1, 0.15) is 27.5 Å². The average molecular weight is 399 g/mol. The Kier molecular flexibility index (Phi) is 4.63. The molecule has 0 fully saturated rings. The summed E-state index contributed by atoms with van der Waals surface area (Å²) in [5.41, 5.74) is 3.16. The van der Waals surface area contributed by atoms with E-state index >= 15 is 0 Å². The second-order valence-electron chi connectivity index (χ2n) is 6.08. The quantitative estimate of drug-likeness (QED) is 0.494. The fourth-order valence-corrected chi connectivity index (χ4v) is 4.00. The van der Waals surface area contributed by atoms with E-state index in [1.807, 2.05) is 37.3 Å². The zero-order valence-corrected chi connectivity index (χ0v) is 16.2. The number of hydrogen-bond acceptors (Lipinski definition) is 6. The number of carbonyl (C=O) groups is 1. The minimum atomic E-state index is -0.325. The standard InChI is InChI=1S/C19H15ClN4O2S/c1-11-6-7-14(20)17-16(11)22-19(27-17)24(10-13-5-3-4-8-21-13)18(25)15-9-12(2)23-26-15/h3-9H,10H2,1-2H3. The Labute approximate surface area is 164 Å². The molecule has 3 aromatic heterocycles. The second kappa shape index (κ2) is 7.09. The highest BCUT2D eigenvalue weighted by atomic mass is 35.5. The molecular formula is C19H15ClN4O2S. The van der Waals surface area contributed by atoms with Crippen molar-refractivity contribution in [2.75, 3.05) is 4.90 Å². The molecule has 1 aromatic carbocycles. The van der Waals surface area contributed by atoms with Gasteiger partial charge in [0.05, 0.1) is 33.2 Å². The molecule has 4 rings (SSSR count). The summed E-state index contributed by atoms with van der Waals surface area (Å²) in [6.45, 7) is 3.99. The average Bonchev–Trinajstić information content (AvgIpc) is 3.30. The normalized spacial score (nSPS) is 11.1. The number of pyridine rings is 1. The van der Waals surface area contributed by atoms with Gasteiger partial charge < -0.3 is 4.52 Å². The number of fused-ring (bicyclic) bond motifs is 1. The lowest BCUT2D eigenvalue weighted by molar-refractivity contribution is 0.0949. The maximum Gasteiger partial charge on any atom is 0.299 e. The predicted octanol–water partition coefficient (Wildman–Crippen LogP) is 4.80. The number of halogens is 1. The highest BCUT2D eigenvalue weighted by Crippen LogP contribution is 2.36. The fraction of sp³-hybridized carbons (Fsp3) is 0.158. The third kappa shape index (κ3) is 3.43. The molecule has 1 amide bonds. The van der Waals surface area contributed by atoms with Crippen LogP contribution in [0.25, 0.3) is 10.2 Å². The van der Waals surface area contributed by atoms with E-state index in [1.165, 1.54) is 11.3 Å². The minimum Gasteiger partial charge on any atom is -0.351 e. The van der Waals surface area contributed by atoms with Gasteiger partial charge >= 0.3 is 0 Å². The maximum atomic E-state index is 13.1. The van der Waals surface area contributed by atoms with Crippen molar-refractivity contribution < 1.29 is 9.32 Å². The highest BCUT2D eigenvalue weighted by Gasteiger charge is 2.26. The first-order valence-electron chi connectivity index (χ1n) is 8.23. The van der Waals surface area contributed by atoms with Crippen molar-refractivity contribution in [3.05, 3.63) is 70.3 Å². The number of amides is 1. The van der Waals surface area contributed by atoms with Crippen LogP contribution in [0.5, 0.6) is 0 Å². The van der Waals surface area contributed by atoms with Gasteiger partial charge in [0.2, 0.25) is 5.76 Å². The molecule has 0 aliphatic rings. The van der Waals surface area contributed by atoms with Crippen LogP contribution in [0, 0.1) is 13.8 Å². The van der Waals surface area contributed by atoms with E-state index in [0.717, 1.165) is 21.5 Å². The van der Waals surface area contributed by atoms with Crippen molar-refractivity contribution in [3.8, 4) is 0 Å². The van der Waals surface area contributed by atoms with E-state index in [0.29, 0.717) is 15.8 Å². The van der Waals surface area contributed by atoms with Gasteiger partial charge in [-0.15, -0.1) is 0 Å². The number of nitrogens with zero attached hydrogens (tertiary/aromatic N) is 4. The van der Waals surface area contributed by atoms with Gasteiger partial charge in [0, 0.05) is 12.3 Å². The smallest absolute Gasteiger partial charge is 0.299 e. The van der Waals surface area contributed by atoms with Crippen molar-refractivity contribution in [2.45, 2.75) is 20.4 Å². The molecular weight excluding hydrogens is 384 g/mol. The fourth-order valence-electron chi connectivity index (χ4n) is 2.68. The Bertz CT molecular complexity index is 1080. The Morgan fingerprint density at radius 2 is 2.11 bits per heavy atom. The topological polar surface area (TPSA) is 72.1 Å². The zero-order valence-electron chi connectivity index (χ0n) is 14.6. The van der Waals surface area contributed by atoms with E-state index in [9.17, 15) is 4.79 Å². The molecule has 0 aliphatic carbocycles. The molecule has 6 nitrogen and oxygen atoms in total. The molecule has 0 saturated carbocycles. The van der Waals surface area contributed by atoms with Gasteiger partial charge in [0.1, 0.15) is 0 Å². The van der Waals surface area contributed by atoms with Crippen molar-refractivity contribution in [1.29, 1.82) is 0 Å². The van der Waals surface area contributed by atoms with Crippen LogP contribution in [0.4, 0.5) is 5.13 Å². The lowest BCUT2D eigenvalue weighted by Gasteiger charge is -2.17. The van der Waals surface area contributed by atoms with Crippen molar-refractivity contribution in [3.63, 3.8) is 0 Å². The summed E-state index contributed by atoms with van der Waals surface area (Å²) in [4.78, 5) is 23.6. The largest absolute Gasteiger partial charge is 0.351 e. The van der Waals surface area contributed by atoms with Crippen LogP contribution in [0.2, 0.25) is 5.02 Å². The van der Waals surface area contributed by atoms with Gasteiger partial charge in [-0.2, -0.15) is 0 Å². The summed E-state index contributed by atoms with van der Waals surface area (Å²) in [6.07, 6.45) is 1.69. The third-order valence-corrected chi connectivity index (χ3v) is 5.59. The number of anilines is 1. The molecule has 0 unspecified atom stereocenters. The van der Waals surface area contributed by atoms with Gasteiger partial charge in [-0.25, -0.2) is 4.98 Å². The van der Waals surface area contributed by atoms with Crippen LogP contribution >= 0.6 is 22.9 Å². The number of rotatable bonds is 4. The molecule has 27 heavy (non-hydrogen) atoms. The van der Waals surface area contributed by atoms with Crippen molar-refractivity contribution in [1.82, 2.24) is 15.1 Å². The first kappa shape index (κ1) is 17.6. The van der Waals surface area contributed by atoms with Crippen LogP contribution in [0.15, 0.2) is 47.1 Å². The second-order valence-corrected chi connectivity index (χ2v) is 7.47. The van der Waals surface area contributed by atoms with Crippen LogP contribution in [-0.4, -0.2) is 21.0 Å². The molecule has 0 bridgehead atoms. The van der Waals surface area contributed by atoms with E-state index in [-0.39, 0.29) is 18.2 Å². The molecule has 136 valence electrons. The Hall–Kier alpha value is -2.77. The summed E-state index contributed by atoms with van der Waals surface area (Å²) in [5.74, 6) is -0.167. The Balaban J connectivity index is 1.81. The highest BCUT2D eigenvalue weighted by molar-refractivity contribution is 7.23. The molecule has 0 saturated heterocycles. The minimum absolute atomic E-state index is 0.158. The summed E-state index contributed by atoms with van der Waals surface area (Å²) in [5, 5.41) is 4.96. The number of benzene rings is 1. The third-order valence-electron chi connectivity index (χ3n) is 4.05. The lowest BCUT2D eigenvalue weighted by atomic mass is 10.2. The van der Waals surface area contributed by atoms with E-state index in [1.54, 1.807) is 24.1 Å². The number of thiazole rings is 1. The first-order valence-corrected chi connectivity index (χ1v) is 9.43. The monoisotopic (exact) mass is 398 g/mol. The lowest BCUT2D eigenvalue weighted by Crippen LogP contribution is -2.30. The zero-order chi connectivity index (χ0) is 19.0. The molecule has 4 aromatic rings. The van der Waals surface area contributed by atoms with Crippen LogP contribution in [-0.2, 0) is 6.54 Å². The molecule has 0 aliphatic heterocycles. The number of aromatic nitrogens is 3. The van der Waals surface area contributed by atoms with E-state index in [4.69, 9.17) is 16.1 Å². The van der Waals surface area contributed by atoms with Crippen LogP contribution in [0.3, 0.4) is 0 Å². The van der Waals surface area contributed by atoms with Crippen molar-refractivity contribution >= 4 is 44.2 Å². The molecule has 8 heteroatoms. The van der Waals surface area contributed by atoms with Crippen LogP contribution < -0.4 is 4.90 Å². The molecule has 0 spiro atoms. The molecule has 3 heterocycles. The molecule has 0 N–H and O–H groups in total. The SMILES string of the molecule is Cc1cc(C(=O)N(Cc2ccccn2)c2nc3c(C)ccc(Cl)c3s2)on1. The number of aryl methyl sites for hydroxylation is 2. The summed E-state index contributed by atoms with van der Waals surface area (Å²) in [6, 6.07) is 10.9. The summed E-state index contributed by atoms with van der Waals surface area (Å²) < 4.78 is 6.02.